The number of nitrogens with one attached hydrogen (secondary N) is 1. The Morgan fingerprint density at radius 1 is 1.26 bits per heavy atom. The van der Waals surface area contributed by atoms with Crippen LogP contribution in [0.5, 0.6) is 11.6 Å². The van der Waals surface area contributed by atoms with Gasteiger partial charge in [-0.05, 0) is 44.0 Å². The highest BCUT2D eigenvalue weighted by molar-refractivity contribution is 6.00. The molecular weight excluding hydrogens is 348 g/mol. The predicted molar refractivity (Wildman–Crippen MR) is 103 cm³/mol. The molecule has 0 saturated heterocycles. The van der Waals surface area contributed by atoms with E-state index in [1.165, 1.54) is 7.11 Å². The van der Waals surface area contributed by atoms with Crippen molar-refractivity contribution in [2.45, 2.75) is 44.7 Å². The van der Waals surface area contributed by atoms with Crippen molar-refractivity contribution in [1.29, 1.82) is 0 Å². The number of aliphatic imine (C=N–C) groups is 1. The van der Waals surface area contributed by atoms with Crippen LogP contribution in [0.2, 0.25) is 0 Å². The van der Waals surface area contributed by atoms with Gasteiger partial charge >= 0.3 is 5.69 Å². The lowest BCUT2D eigenvalue weighted by molar-refractivity contribution is 0.386. The fourth-order valence-electron chi connectivity index (χ4n) is 3.44. The quantitative estimate of drug-likeness (QED) is 0.699. The molecular formula is C19H24N4O4. The van der Waals surface area contributed by atoms with Crippen LogP contribution in [0, 0.1) is 0 Å². The maximum atomic E-state index is 12.3. The molecule has 4 N–H and O–H groups in total. The zero-order valence-electron chi connectivity index (χ0n) is 15.4. The summed E-state index contributed by atoms with van der Waals surface area (Å²) in [4.78, 5) is 31.5. The lowest BCUT2D eigenvalue weighted by Crippen LogP contribution is -2.37. The summed E-state index contributed by atoms with van der Waals surface area (Å²) in [5.74, 6) is 0.166. The lowest BCUT2D eigenvalue weighted by Gasteiger charge is -2.25. The van der Waals surface area contributed by atoms with Gasteiger partial charge in [-0.2, -0.15) is 0 Å². The van der Waals surface area contributed by atoms with Crippen molar-refractivity contribution in [1.82, 2.24) is 9.55 Å². The Morgan fingerprint density at radius 3 is 2.56 bits per heavy atom. The number of ether oxygens (including phenoxy) is 1. The average molecular weight is 372 g/mol. The molecule has 0 aliphatic heterocycles. The van der Waals surface area contributed by atoms with E-state index < -0.39 is 17.1 Å². The molecule has 1 fully saturated rings. The first-order chi connectivity index (χ1) is 12.9. The minimum absolute atomic E-state index is 0.0248. The third-order valence-electron chi connectivity index (χ3n) is 4.92. The van der Waals surface area contributed by atoms with Crippen LogP contribution in [-0.2, 0) is 0 Å². The number of hydrogen-bond acceptors (Lipinski definition) is 6. The first-order valence-corrected chi connectivity index (χ1v) is 8.95. The third kappa shape index (κ3) is 3.80. The number of nitrogens with two attached hydrogens (primary N) is 1. The van der Waals surface area contributed by atoms with Crippen LogP contribution in [-0.4, -0.2) is 39.6 Å². The van der Waals surface area contributed by atoms with Gasteiger partial charge in [-0.15, -0.1) is 0 Å². The average Bonchev–Trinajstić information content (AvgIpc) is 2.64. The summed E-state index contributed by atoms with van der Waals surface area (Å²) >= 11 is 0. The second-order valence-electron chi connectivity index (χ2n) is 6.72. The first-order valence-electron chi connectivity index (χ1n) is 8.95. The van der Waals surface area contributed by atoms with Gasteiger partial charge in [0.25, 0.3) is 5.56 Å². The third-order valence-corrected chi connectivity index (χ3v) is 4.92. The largest absolute Gasteiger partial charge is 0.497 e. The summed E-state index contributed by atoms with van der Waals surface area (Å²) in [6.07, 6.45) is 3.83. The number of H-pyrrole nitrogens is 1. The first kappa shape index (κ1) is 18.9. The predicted octanol–water partition coefficient (Wildman–Crippen LogP) is 1.32. The van der Waals surface area contributed by atoms with E-state index >= 15 is 0 Å². The number of benzene rings is 1. The normalized spacial score (nSPS) is 20.5. The minimum Gasteiger partial charge on any atom is -0.497 e. The van der Waals surface area contributed by atoms with Gasteiger partial charge in [0, 0.05) is 6.04 Å². The van der Waals surface area contributed by atoms with Crippen LogP contribution < -0.4 is 21.7 Å². The van der Waals surface area contributed by atoms with E-state index in [4.69, 9.17) is 10.5 Å². The maximum Gasteiger partial charge on any atom is 0.335 e. The molecule has 1 aliphatic carbocycles. The molecule has 0 bridgehead atoms. The summed E-state index contributed by atoms with van der Waals surface area (Å²) in [7, 11) is 1.53. The second-order valence-corrected chi connectivity index (χ2v) is 6.72. The van der Waals surface area contributed by atoms with Gasteiger partial charge in [0.2, 0.25) is 5.88 Å². The van der Waals surface area contributed by atoms with Crippen molar-refractivity contribution in [3.63, 3.8) is 0 Å². The lowest BCUT2D eigenvalue weighted by atomic mass is 9.91. The van der Waals surface area contributed by atoms with Crippen LogP contribution in [0.25, 0.3) is 5.69 Å². The fraction of sp³-hybridized carbons (Fsp3) is 0.421. The smallest absolute Gasteiger partial charge is 0.335 e. The standard InChI is InChI=1S/C19H24N4O4/c1-11(21-15-6-4-3-5-14(15)20)16-17(24)22-19(26)23(18(16)25)12-7-9-13(27-2)10-8-12/h7-10,14-15,25H,3-6,20H2,1-2H3,(H,22,24,26). The van der Waals surface area contributed by atoms with E-state index in [-0.39, 0.29) is 17.6 Å². The molecule has 0 spiro atoms. The molecule has 2 atom stereocenters. The van der Waals surface area contributed by atoms with Gasteiger partial charge in [0.05, 0.1) is 24.6 Å². The minimum atomic E-state index is -0.728. The number of aromatic nitrogens is 2. The molecule has 1 aromatic carbocycles. The van der Waals surface area contributed by atoms with Crippen LogP contribution in [0.3, 0.4) is 0 Å². The van der Waals surface area contributed by atoms with Crippen molar-refractivity contribution in [3.05, 3.63) is 50.7 Å². The molecule has 3 rings (SSSR count). The summed E-state index contributed by atoms with van der Waals surface area (Å²) in [6.45, 7) is 1.65. The Kier molecular flexibility index (Phi) is 5.46. The number of hydrogen-bond donors (Lipinski definition) is 3. The molecule has 27 heavy (non-hydrogen) atoms. The molecule has 0 radical (unpaired) electrons. The van der Waals surface area contributed by atoms with Crippen LogP contribution in [0.1, 0.15) is 38.2 Å². The topological polar surface area (TPSA) is 123 Å². The highest BCUT2D eigenvalue weighted by atomic mass is 16.5. The number of rotatable bonds is 4. The van der Waals surface area contributed by atoms with Gasteiger partial charge in [0.15, 0.2) is 0 Å². The summed E-state index contributed by atoms with van der Waals surface area (Å²) in [5, 5.41) is 10.7. The number of nitrogens with zero attached hydrogens (tertiary/aromatic N) is 2. The van der Waals surface area contributed by atoms with Crippen molar-refractivity contribution in [2.24, 2.45) is 10.7 Å². The molecule has 8 nitrogen and oxygen atoms in total. The van der Waals surface area contributed by atoms with Crippen molar-refractivity contribution in [3.8, 4) is 17.3 Å². The van der Waals surface area contributed by atoms with Crippen LogP contribution in [0.4, 0.5) is 0 Å². The van der Waals surface area contributed by atoms with Crippen LogP contribution >= 0.6 is 0 Å². The van der Waals surface area contributed by atoms with Gasteiger partial charge in [-0.1, -0.05) is 12.8 Å². The van der Waals surface area contributed by atoms with E-state index in [1.807, 2.05) is 0 Å². The highest BCUT2D eigenvalue weighted by Gasteiger charge is 2.23. The Morgan fingerprint density at radius 2 is 1.93 bits per heavy atom. The van der Waals surface area contributed by atoms with E-state index in [0.29, 0.717) is 17.1 Å². The Hall–Kier alpha value is -2.87. The van der Waals surface area contributed by atoms with E-state index in [1.54, 1.807) is 31.2 Å². The fourth-order valence-corrected chi connectivity index (χ4v) is 3.44. The number of methoxy groups -OCH3 is 1. The molecule has 2 unspecified atom stereocenters. The van der Waals surface area contributed by atoms with Crippen molar-refractivity contribution >= 4 is 5.71 Å². The summed E-state index contributed by atoms with van der Waals surface area (Å²) in [5.41, 5.74) is 5.47. The molecule has 0 amide bonds. The van der Waals surface area contributed by atoms with Gasteiger partial charge in [0.1, 0.15) is 11.3 Å². The second kappa shape index (κ2) is 7.79. The van der Waals surface area contributed by atoms with Gasteiger partial charge in [-0.3, -0.25) is 14.8 Å². The van der Waals surface area contributed by atoms with Crippen molar-refractivity contribution < 1.29 is 9.84 Å². The SMILES string of the molecule is COc1ccc(-n2c(O)c(C(C)=NC3CCCCC3N)c(=O)[nH]c2=O)cc1. The molecule has 2 aromatic rings. The molecule has 8 heteroatoms. The zero-order valence-corrected chi connectivity index (χ0v) is 15.4. The molecule has 1 aromatic heterocycles. The Labute approximate surface area is 156 Å². The zero-order chi connectivity index (χ0) is 19.6. The maximum absolute atomic E-state index is 12.3. The van der Waals surface area contributed by atoms with Crippen LogP contribution in [0.15, 0.2) is 38.8 Å². The highest BCUT2D eigenvalue weighted by Crippen LogP contribution is 2.23. The molecule has 1 aliphatic rings. The summed E-state index contributed by atoms with van der Waals surface area (Å²) < 4.78 is 6.14. The monoisotopic (exact) mass is 372 g/mol. The molecule has 1 heterocycles. The number of aromatic hydroxyl groups is 1. The van der Waals surface area contributed by atoms with E-state index in [0.717, 1.165) is 30.3 Å². The molecule has 144 valence electrons. The molecule has 1 saturated carbocycles. The van der Waals surface area contributed by atoms with E-state index in [9.17, 15) is 14.7 Å². The van der Waals surface area contributed by atoms with E-state index in [2.05, 4.69) is 9.98 Å². The van der Waals surface area contributed by atoms with Gasteiger partial charge < -0.3 is 15.6 Å². The number of aromatic amines is 1. The Bertz CT molecular complexity index is 959. The Balaban J connectivity index is 2.08. The summed E-state index contributed by atoms with van der Waals surface area (Å²) in [6, 6.07) is 6.39. The van der Waals surface area contributed by atoms with Gasteiger partial charge in [-0.25, -0.2) is 9.36 Å². The van der Waals surface area contributed by atoms with Crippen molar-refractivity contribution in [2.75, 3.05) is 7.11 Å².